The van der Waals surface area contributed by atoms with Crippen LogP contribution in [0.5, 0.6) is 0 Å². The van der Waals surface area contributed by atoms with Crippen LogP contribution in [0.4, 0.5) is 0 Å². The molecule has 1 aromatic rings. The summed E-state index contributed by atoms with van der Waals surface area (Å²) in [6, 6.07) is 9.16. The molecule has 1 aliphatic rings. The number of ether oxygens (including phenoxy) is 1. The molecule has 1 heterocycles. The molecule has 0 spiro atoms. The molecule has 2 atom stereocenters. The van der Waals surface area contributed by atoms with Gasteiger partial charge in [-0.05, 0) is 12.1 Å². The minimum Gasteiger partial charge on any atom is -0.464 e. The van der Waals surface area contributed by atoms with Crippen molar-refractivity contribution < 1.29 is 13.7 Å². The summed E-state index contributed by atoms with van der Waals surface area (Å²) in [5.41, 5.74) is 0. The lowest BCUT2D eigenvalue weighted by molar-refractivity contribution is -0.137. The fourth-order valence-electron chi connectivity index (χ4n) is 1.37. The average molecular weight is 210 g/mol. The zero-order valence-electron chi connectivity index (χ0n) is 7.51. The molecule has 74 valence electrons. The Balaban J connectivity index is 2.13. The van der Waals surface area contributed by atoms with Crippen molar-refractivity contribution in [3.8, 4) is 0 Å². The highest BCUT2D eigenvalue weighted by atomic mass is 32.2. The lowest BCUT2D eigenvalue weighted by atomic mass is 10.4. The zero-order valence-corrected chi connectivity index (χ0v) is 8.33. The number of rotatable bonds is 2. The largest absolute Gasteiger partial charge is 0.464 e. The minimum absolute atomic E-state index is 0.176. The Labute approximate surface area is 84.5 Å². The van der Waals surface area contributed by atoms with Crippen molar-refractivity contribution in [2.75, 3.05) is 6.61 Å². The predicted octanol–water partition coefficient (Wildman–Crippen LogP) is 1.11. The SMILES string of the molecule is O=C1CC(S(=O)c2ccccc2)CO1. The molecule has 2 unspecified atom stereocenters. The summed E-state index contributed by atoms with van der Waals surface area (Å²) in [5.74, 6) is -0.251. The van der Waals surface area contributed by atoms with Gasteiger partial charge in [0.25, 0.3) is 0 Å². The minimum atomic E-state index is -1.13. The second kappa shape index (κ2) is 3.92. The lowest BCUT2D eigenvalue weighted by Gasteiger charge is -2.05. The normalized spacial score (nSPS) is 23.1. The fraction of sp³-hybridized carbons (Fsp3) is 0.300. The molecule has 1 saturated heterocycles. The van der Waals surface area contributed by atoms with E-state index in [4.69, 9.17) is 4.74 Å². The van der Waals surface area contributed by atoms with E-state index in [1.165, 1.54) is 0 Å². The summed E-state index contributed by atoms with van der Waals surface area (Å²) < 4.78 is 16.6. The average Bonchev–Trinajstić information content (AvgIpc) is 2.65. The molecule has 3 nitrogen and oxygen atoms in total. The zero-order chi connectivity index (χ0) is 9.97. The Hall–Kier alpha value is -1.16. The first-order chi connectivity index (χ1) is 6.77. The first kappa shape index (κ1) is 9.40. The number of benzene rings is 1. The van der Waals surface area contributed by atoms with Crippen LogP contribution in [0.25, 0.3) is 0 Å². The van der Waals surface area contributed by atoms with Crippen LogP contribution in [0.1, 0.15) is 6.42 Å². The van der Waals surface area contributed by atoms with E-state index in [0.29, 0.717) is 0 Å². The molecule has 0 bridgehead atoms. The Morgan fingerprint density at radius 3 is 2.57 bits per heavy atom. The van der Waals surface area contributed by atoms with Gasteiger partial charge in [-0.25, -0.2) is 0 Å². The van der Waals surface area contributed by atoms with Gasteiger partial charge in [-0.15, -0.1) is 0 Å². The van der Waals surface area contributed by atoms with Crippen LogP contribution in [0.3, 0.4) is 0 Å². The standard InChI is InChI=1S/C10H10O3S/c11-10-6-9(7-13-10)14(12)8-4-2-1-3-5-8/h1-5,9H,6-7H2. The van der Waals surface area contributed by atoms with Gasteiger partial charge >= 0.3 is 5.97 Å². The maximum absolute atomic E-state index is 11.9. The fourth-order valence-corrected chi connectivity index (χ4v) is 2.66. The Morgan fingerprint density at radius 2 is 2.00 bits per heavy atom. The van der Waals surface area contributed by atoms with Gasteiger partial charge in [-0.2, -0.15) is 0 Å². The number of cyclic esters (lactones) is 1. The third-order valence-corrected chi connectivity index (χ3v) is 3.75. The molecule has 4 heteroatoms. The van der Waals surface area contributed by atoms with Crippen molar-refractivity contribution in [3.05, 3.63) is 30.3 Å². The van der Waals surface area contributed by atoms with Crippen molar-refractivity contribution in [1.82, 2.24) is 0 Å². The number of hydrogen-bond acceptors (Lipinski definition) is 3. The van der Waals surface area contributed by atoms with Crippen LogP contribution in [0.15, 0.2) is 35.2 Å². The second-order valence-corrected chi connectivity index (χ2v) is 4.85. The smallest absolute Gasteiger partial charge is 0.307 e. The van der Waals surface area contributed by atoms with Crippen molar-refractivity contribution >= 4 is 16.8 Å². The van der Waals surface area contributed by atoms with Crippen LogP contribution in [-0.4, -0.2) is 22.0 Å². The third kappa shape index (κ3) is 1.85. The maximum Gasteiger partial charge on any atom is 0.307 e. The van der Waals surface area contributed by atoms with E-state index in [2.05, 4.69) is 0 Å². The van der Waals surface area contributed by atoms with Crippen molar-refractivity contribution in [2.45, 2.75) is 16.6 Å². The summed E-state index contributed by atoms with van der Waals surface area (Å²) >= 11 is 0. The molecule has 0 saturated carbocycles. The number of carbonyl (C=O) groups is 1. The summed E-state index contributed by atoms with van der Waals surface area (Å²) in [6.45, 7) is 0.278. The van der Waals surface area contributed by atoms with Gasteiger partial charge in [-0.1, -0.05) is 18.2 Å². The van der Waals surface area contributed by atoms with E-state index in [1.807, 2.05) is 18.2 Å². The molecule has 0 aliphatic carbocycles. The number of hydrogen-bond donors (Lipinski definition) is 0. The van der Waals surface area contributed by atoms with Gasteiger partial charge in [0.15, 0.2) is 0 Å². The first-order valence-electron chi connectivity index (χ1n) is 4.38. The topological polar surface area (TPSA) is 43.4 Å². The van der Waals surface area contributed by atoms with Crippen LogP contribution >= 0.6 is 0 Å². The predicted molar refractivity (Wildman–Crippen MR) is 52.2 cm³/mol. The Bertz CT molecular complexity index is 361. The van der Waals surface area contributed by atoms with E-state index in [-0.39, 0.29) is 24.2 Å². The highest BCUT2D eigenvalue weighted by Gasteiger charge is 2.29. The van der Waals surface area contributed by atoms with Gasteiger partial charge in [0, 0.05) is 4.90 Å². The molecule has 1 fully saturated rings. The summed E-state index contributed by atoms with van der Waals surface area (Å²) in [7, 11) is -1.13. The van der Waals surface area contributed by atoms with Crippen molar-refractivity contribution in [1.29, 1.82) is 0 Å². The molecule has 2 rings (SSSR count). The second-order valence-electron chi connectivity index (χ2n) is 3.12. The first-order valence-corrected chi connectivity index (χ1v) is 5.60. The molecule has 0 amide bonds. The van der Waals surface area contributed by atoms with E-state index in [0.717, 1.165) is 4.90 Å². The van der Waals surface area contributed by atoms with Crippen LogP contribution < -0.4 is 0 Å². The highest BCUT2D eigenvalue weighted by Crippen LogP contribution is 2.18. The van der Waals surface area contributed by atoms with E-state index < -0.39 is 10.8 Å². The van der Waals surface area contributed by atoms with E-state index >= 15 is 0 Å². The molecule has 1 aliphatic heterocycles. The number of esters is 1. The summed E-state index contributed by atoms with van der Waals surface area (Å²) in [5, 5.41) is -0.176. The summed E-state index contributed by atoms with van der Waals surface area (Å²) in [6.07, 6.45) is 0.265. The Morgan fingerprint density at radius 1 is 1.29 bits per heavy atom. The molecule has 0 aromatic heterocycles. The summed E-state index contributed by atoms with van der Waals surface area (Å²) in [4.78, 5) is 11.6. The lowest BCUT2D eigenvalue weighted by Crippen LogP contribution is -2.14. The van der Waals surface area contributed by atoms with Crippen LogP contribution in [0, 0.1) is 0 Å². The van der Waals surface area contributed by atoms with Gasteiger partial charge in [0.2, 0.25) is 0 Å². The van der Waals surface area contributed by atoms with Gasteiger partial charge in [0.1, 0.15) is 6.61 Å². The van der Waals surface area contributed by atoms with Crippen LogP contribution in [-0.2, 0) is 20.3 Å². The molecule has 0 N–H and O–H groups in total. The van der Waals surface area contributed by atoms with Gasteiger partial charge in [0.05, 0.1) is 22.5 Å². The van der Waals surface area contributed by atoms with E-state index in [1.54, 1.807) is 12.1 Å². The van der Waals surface area contributed by atoms with Gasteiger partial charge in [-0.3, -0.25) is 9.00 Å². The molecule has 14 heavy (non-hydrogen) atoms. The maximum atomic E-state index is 11.9. The molecular weight excluding hydrogens is 200 g/mol. The molecule has 0 radical (unpaired) electrons. The van der Waals surface area contributed by atoms with Crippen LogP contribution in [0.2, 0.25) is 0 Å². The molecule has 1 aromatic carbocycles. The van der Waals surface area contributed by atoms with Crippen molar-refractivity contribution in [2.24, 2.45) is 0 Å². The van der Waals surface area contributed by atoms with Gasteiger partial charge < -0.3 is 4.74 Å². The highest BCUT2D eigenvalue weighted by molar-refractivity contribution is 7.85. The third-order valence-electron chi connectivity index (χ3n) is 2.10. The monoisotopic (exact) mass is 210 g/mol. The Kier molecular flexibility index (Phi) is 2.63. The van der Waals surface area contributed by atoms with E-state index in [9.17, 15) is 9.00 Å². The quantitative estimate of drug-likeness (QED) is 0.687. The molecular formula is C10H10O3S. The number of carbonyl (C=O) groups excluding carboxylic acids is 1. The van der Waals surface area contributed by atoms with Crippen molar-refractivity contribution in [3.63, 3.8) is 0 Å².